The summed E-state index contributed by atoms with van der Waals surface area (Å²) in [7, 11) is 0. The number of aliphatic hydroxyl groups is 3. The third-order valence-electron chi connectivity index (χ3n) is 3.31. The Morgan fingerprint density at radius 3 is 2.53 bits per heavy atom. The van der Waals surface area contributed by atoms with Crippen molar-refractivity contribution in [3.05, 3.63) is 29.8 Å². The summed E-state index contributed by atoms with van der Waals surface area (Å²) < 4.78 is 0. The zero-order valence-electron chi connectivity index (χ0n) is 10.4. The van der Waals surface area contributed by atoms with Crippen LogP contribution in [0.4, 0.5) is 0 Å². The molecule has 1 unspecified atom stereocenters. The summed E-state index contributed by atoms with van der Waals surface area (Å²) in [6, 6.07) is 7.66. The van der Waals surface area contributed by atoms with E-state index < -0.39 is 25.4 Å². The minimum Gasteiger partial charge on any atom is -0.394 e. The van der Waals surface area contributed by atoms with Crippen molar-refractivity contribution in [3.63, 3.8) is 0 Å². The molecule has 0 fully saturated rings. The number of benzene rings is 1. The fourth-order valence-corrected chi connectivity index (χ4v) is 3.23. The predicted molar refractivity (Wildman–Crippen MR) is 72.0 cm³/mol. The van der Waals surface area contributed by atoms with Gasteiger partial charge in [0.2, 0.25) is 5.91 Å². The second-order valence-corrected chi connectivity index (χ2v) is 5.71. The zero-order chi connectivity index (χ0) is 13.9. The van der Waals surface area contributed by atoms with Crippen LogP contribution in [0.3, 0.4) is 0 Å². The highest BCUT2D eigenvalue weighted by Crippen LogP contribution is 2.39. The summed E-state index contributed by atoms with van der Waals surface area (Å²) >= 11 is 1.60. The van der Waals surface area contributed by atoms with E-state index in [-0.39, 0.29) is 11.8 Å². The average Bonchev–Trinajstić information content (AvgIpc) is 2.89. The van der Waals surface area contributed by atoms with Gasteiger partial charge in [-0.1, -0.05) is 18.2 Å². The van der Waals surface area contributed by atoms with Gasteiger partial charge in [-0.15, -0.1) is 11.8 Å². The largest absolute Gasteiger partial charge is 0.394 e. The summed E-state index contributed by atoms with van der Waals surface area (Å²) in [5.74, 6) is 0.0311. The maximum absolute atomic E-state index is 12.2. The van der Waals surface area contributed by atoms with Gasteiger partial charge in [0, 0.05) is 10.6 Å². The molecule has 0 aliphatic carbocycles. The summed E-state index contributed by atoms with van der Waals surface area (Å²) in [5.41, 5.74) is -0.410. The number of nitrogens with one attached hydrogen (secondary N) is 1. The van der Waals surface area contributed by atoms with Crippen molar-refractivity contribution in [1.29, 1.82) is 0 Å². The van der Waals surface area contributed by atoms with Crippen molar-refractivity contribution in [1.82, 2.24) is 5.32 Å². The molecule has 1 aromatic carbocycles. The lowest BCUT2D eigenvalue weighted by Crippen LogP contribution is -2.58. The molecule has 4 N–H and O–H groups in total. The van der Waals surface area contributed by atoms with Crippen LogP contribution in [-0.4, -0.2) is 52.3 Å². The van der Waals surface area contributed by atoms with E-state index in [2.05, 4.69) is 5.32 Å². The summed E-state index contributed by atoms with van der Waals surface area (Å²) in [6.07, 6.45) is 0. The van der Waals surface area contributed by atoms with Gasteiger partial charge in [0.25, 0.3) is 0 Å². The Morgan fingerprint density at radius 2 is 1.89 bits per heavy atom. The summed E-state index contributed by atoms with van der Waals surface area (Å²) in [4.78, 5) is 13.3. The smallest absolute Gasteiger partial charge is 0.229 e. The van der Waals surface area contributed by atoms with Crippen molar-refractivity contribution in [2.24, 2.45) is 0 Å². The van der Waals surface area contributed by atoms with E-state index in [9.17, 15) is 20.1 Å². The third kappa shape index (κ3) is 2.76. The van der Waals surface area contributed by atoms with Crippen LogP contribution in [0.25, 0.3) is 0 Å². The number of amides is 1. The van der Waals surface area contributed by atoms with Crippen molar-refractivity contribution < 1.29 is 20.1 Å². The lowest BCUT2D eigenvalue weighted by atomic mass is 9.97. The first-order chi connectivity index (χ1) is 9.15. The first kappa shape index (κ1) is 14.3. The highest BCUT2D eigenvalue weighted by Gasteiger charge is 2.35. The molecule has 5 nitrogen and oxygen atoms in total. The maximum atomic E-state index is 12.2. The minimum absolute atomic E-state index is 0.283. The average molecular weight is 283 g/mol. The van der Waals surface area contributed by atoms with Gasteiger partial charge >= 0.3 is 0 Å². The van der Waals surface area contributed by atoms with E-state index in [1.165, 1.54) is 0 Å². The second-order valence-electron chi connectivity index (χ2n) is 4.65. The van der Waals surface area contributed by atoms with Crippen molar-refractivity contribution >= 4 is 17.7 Å². The van der Waals surface area contributed by atoms with Crippen LogP contribution in [0.15, 0.2) is 29.2 Å². The number of hydrogen-bond acceptors (Lipinski definition) is 5. The van der Waals surface area contributed by atoms with E-state index in [1.807, 2.05) is 24.3 Å². The quantitative estimate of drug-likeness (QED) is 0.596. The lowest BCUT2D eigenvalue weighted by molar-refractivity contribution is -0.126. The Hall–Kier alpha value is -1.08. The molecule has 0 saturated carbocycles. The van der Waals surface area contributed by atoms with E-state index in [4.69, 9.17) is 0 Å². The van der Waals surface area contributed by atoms with Gasteiger partial charge < -0.3 is 20.6 Å². The van der Waals surface area contributed by atoms with E-state index in [1.54, 1.807) is 11.8 Å². The SMILES string of the molecule is O=C(NC(CO)(CO)CO)C1CSc2ccccc21. The Morgan fingerprint density at radius 1 is 1.26 bits per heavy atom. The molecule has 0 saturated heterocycles. The van der Waals surface area contributed by atoms with Crippen molar-refractivity contribution in [3.8, 4) is 0 Å². The highest BCUT2D eigenvalue weighted by molar-refractivity contribution is 7.99. The molecule has 104 valence electrons. The van der Waals surface area contributed by atoms with Crippen LogP contribution in [0.2, 0.25) is 0 Å². The Bertz CT molecular complexity index is 453. The first-order valence-electron chi connectivity index (χ1n) is 6.02. The molecule has 1 aromatic rings. The fraction of sp³-hybridized carbons (Fsp3) is 0.462. The van der Waals surface area contributed by atoms with Gasteiger partial charge in [-0.05, 0) is 11.6 Å². The maximum Gasteiger partial charge on any atom is 0.229 e. The lowest BCUT2D eigenvalue weighted by Gasteiger charge is -2.30. The van der Waals surface area contributed by atoms with Crippen LogP contribution in [0.5, 0.6) is 0 Å². The number of rotatable bonds is 5. The molecule has 0 bridgehead atoms. The third-order valence-corrected chi connectivity index (χ3v) is 4.50. The zero-order valence-corrected chi connectivity index (χ0v) is 11.2. The second kappa shape index (κ2) is 5.92. The number of fused-ring (bicyclic) bond motifs is 1. The van der Waals surface area contributed by atoms with Crippen LogP contribution in [0.1, 0.15) is 11.5 Å². The Balaban J connectivity index is 2.14. The molecule has 2 rings (SSSR count). The summed E-state index contributed by atoms with van der Waals surface area (Å²) in [6.45, 7) is -1.52. The molecule has 19 heavy (non-hydrogen) atoms. The number of carbonyl (C=O) groups is 1. The number of thioether (sulfide) groups is 1. The molecule has 0 aromatic heterocycles. The molecule has 6 heteroatoms. The number of carbonyl (C=O) groups excluding carboxylic acids is 1. The van der Waals surface area contributed by atoms with Crippen LogP contribution >= 0.6 is 11.8 Å². The molecular formula is C13H17NO4S. The van der Waals surface area contributed by atoms with Gasteiger partial charge in [-0.25, -0.2) is 0 Å². The van der Waals surface area contributed by atoms with Gasteiger partial charge in [0.1, 0.15) is 5.54 Å². The van der Waals surface area contributed by atoms with Gasteiger partial charge in [-0.3, -0.25) is 4.79 Å². The standard InChI is InChI=1S/C13H17NO4S/c15-6-13(7-16,8-17)14-12(18)10-5-19-11-4-2-1-3-9(10)11/h1-4,10,15-17H,5-8H2,(H,14,18). The van der Waals surface area contributed by atoms with Gasteiger partial charge in [0.05, 0.1) is 25.7 Å². The molecule has 1 atom stereocenters. The van der Waals surface area contributed by atoms with Crippen LogP contribution in [0, 0.1) is 0 Å². The fourth-order valence-electron chi connectivity index (χ4n) is 2.00. The molecule has 1 amide bonds. The van der Waals surface area contributed by atoms with E-state index in [0.717, 1.165) is 10.5 Å². The van der Waals surface area contributed by atoms with Crippen LogP contribution in [-0.2, 0) is 4.79 Å². The van der Waals surface area contributed by atoms with Crippen molar-refractivity contribution in [2.75, 3.05) is 25.6 Å². The number of hydrogen-bond donors (Lipinski definition) is 4. The molecule has 1 heterocycles. The van der Waals surface area contributed by atoms with Gasteiger partial charge in [0.15, 0.2) is 0 Å². The minimum atomic E-state index is -1.36. The predicted octanol–water partition coefficient (Wildman–Crippen LogP) is -0.292. The van der Waals surface area contributed by atoms with Gasteiger partial charge in [-0.2, -0.15) is 0 Å². The molecule has 0 spiro atoms. The van der Waals surface area contributed by atoms with Crippen molar-refractivity contribution in [2.45, 2.75) is 16.4 Å². The topological polar surface area (TPSA) is 89.8 Å². The normalized spacial score (nSPS) is 18.2. The monoisotopic (exact) mass is 283 g/mol. The Labute approximate surface area is 115 Å². The Kier molecular flexibility index (Phi) is 4.46. The molecule has 1 aliphatic heterocycles. The highest BCUT2D eigenvalue weighted by atomic mass is 32.2. The molecule has 0 radical (unpaired) electrons. The molecule has 1 aliphatic rings. The van der Waals surface area contributed by atoms with E-state index in [0.29, 0.717) is 5.75 Å². The van der Waals surface area contributed by atoms with Crippen LogP contribution < -0.4 is 5.32 Å². The summed E-state index contributed by atoms with van der Waals surface area (Å²) in [5, 5.41) is 30.2. The van der Waals surface area contributed by atoms with E-state index >= 15 is 0 Å². The first-order valence-corrected chi connectivity index (χ1v) is 7.00. The number of aliphatic hydroxyl groups excluding tert-OH is 3. The molecular weight excluding hydrogens is 266 g/mol.